The summed E-state index contributed by atoms with van der Waals surface area (Å²) in [6, 6.07) is 27.5. The van der Waals surface area contributed by atoms with Crippen molar-refractivity contribution < 1.29 is 9.59 Å². The third-order valence-corrected chi connectivity index (χ3v) is 5.47. The highest BCUT2D eigenvalue weighted by Crippen LogP contribution is 2.25. The molecule has 0 saturated heterocycles. The lowest BCUT2D eigenvalue weighted by atomic mass is 9.91. The molecule has 0 aliphatic heterocycles. The lowest BCUT2D eigenvalue weighted by Gasteiger charge is -2.19. The molecule has 2 amide bonds. The van der Waals surface area contributed by atoms with Crippen LogP contribution < -0.4 is 11.1 Å². The lowest BCUT2D eigenvalue weighted by molar-refractivity contribution is -0.115. The van der Waals surface area contributed by atoms with Crippen LogP contribution in [0.5, 0.6) is 0 Å². The predicted octanol–water partition coefficient (Wildman–Crippen LogP) is 3.83. The van der Waals surface area contributed by atoms with Crippen LogP contribution in [0.3, 0.4) is 0 Å². The molecule has 28 heavy (non-hydrogen) atoms. The van der Waals surface area contributed by atoms with E-state index in [9.17, 15) is 9.59 Å². The van der Waals surface area contributed by atoms with E-state index in [0.717, 1.165) is 16.0 Å². The molecule has 0 spiro atoms. The molecule has 0 saturated carbocycles. The molecule has 0 radical (unpaired) electrons. The Morgan fingerprint density at radius 2 is 1.36 bits per heavy atom. The van der Waals surface area contributed by atoms with Crippen LogP contribution in [0, 0.1) is 0 Å². The molecule has 142 valence electrons. The molecule has 3 N–H and O–H groups in total. The highest BCUT2D eigenvalue weighted by Gasteiger charge is 2.17. The quantitative estimate of drug-likeness (QED) is 0.574. The van der Waals surface area contributed by atoms with Crippen molar-refractivity contribution in [2.24, 2.45) is 5.73 Å². The maximum absolute atomic E-state index is 12.8. The van der Waals surface area contributed by atoms with Crippen LogP contribution in [0.15, 0.2) is 89.8 Å². The Hall–Kier alpha value is -3.05. The number of nitrogens with two attached hydrogens (primary N) is 1. The summed E-state index contributed by atoms with van der Waals surface area (Å²) in [6.07, 6.45) is 0. The molecular formula is C23H22N2O2S. The Morgan fingerprint density at radius 1 is 0.821 bits per heavy atom. The monoisotopic (exact) mass is 390 g/mol. The van der Waals surface area contributed by atoms with Gasteiger partial charge in [0.05, 0.1) is 11.3 Å². The van der Waals surface area contributed by atoms with Crippen molar-refractivity contribution in [2.45, 2.75) is 10.8 Å². The zero-order valence-electron chi connectivity index (χ0n) is 15.4. The van der Waals surface area contributed by atoms with Crippen molar-refractivity contribution in [3.63, 3.8) is 0 Å². The molecule has 0 fully saturated rings. The number of hydrogen-bond donors (Lipinski definition) is 2. The second-order valence-corrected chi connectivity index (χ2v) is 7.35. The first-order valence-electron chi connectivity index (χ1n) is 9.03. The van der Waals surface area contributed by atoms with Gasteiger partial charge in [0.1, 0.15) is 0 Å². The number of benzene rings is 3. The van der Waals surface area contributed by atoms with Crippen molar-refractivity contribution in [1.82, 2.24) is 5.32 Å². The number of rotatable bonds is 8. The van der Waals surface area contributed by atoms with E-state index in [1.807, 2.05) is 54.6 Å². The summed E-state index contributed by atoms with van der Waals surface area (Å²) in [5.41, 5.74) is 8.07. The topological polar surface area (TPSA) is 72.2 Å². The molecule has 0 heterocycles. The van der Waals surface area contributed by atoms with Gasteiger partial charge >= 0.3 is 0 Å². The second-order valence-electron chi connectivity index (χ2n) is 6.34. The van der Waals surface area contributed by atoms with E-state index in [2.05, 4.69) is 29.6 Å². The van der Waals surface area contributed by atoms with E-state index in [1.54, 1.807) is 6.07 Å². The number of nitrogens with one attached hydrogen (secondary N) is 1. The fraction of sp³-hybridized carbons (Fsp3) is 0.130. The van der Waals surface area contributed by atoms with Gasteiger partial charge in [0.25, 0.3) is 5.91 Å². The van der Waals surface area contributed by atoms with Crippen LogP contribution in [0.2, 0.25) is 0 Å². The highest BCUT2D eigenvalue weighted by atomic mass is 32.2. The summed E-state index contributed by atoms with van der Waals surface area (Å²) in [7, 11) is 0. The van der Waals surface area contributed by atoms with E-state index in [0.29, 0.717) is 12.1 Å². The SMILES string of the molecule is NC(=O)CSc1ccccc1C(=O)NCC(c1ccccc1)c1ccccc1. The van der Waals surface area contributed by atoms with Crippen molar-refractivity contribution in [2.75, 3.05) is 12.3 Å². The van der Waals surface area contributed by atoms with E-state index in [1.165, 1.54) is 11.8 Å². The van der Waals surface area contributed by atoms with Crippen molar-refractivity contribution in [3.8, 4) is 0 Å². The summed E-state index contributed by atoms with van der Waals surface area (Å²) in [5, 5.41) is 3.06. The average Bonchev–Trinajstić information content (AvgIpc) is 2.74. The number of amides is 2. The number of hydrogen-bond acceptors (Lipinski definition) is 3. The highest BCUT2D eigenvalue weighted by molar-refractivity contribution is 8.00. The van der Waals surface area contributed by atoms with Crippen LogP contribution in [0.1, 0.15) is 27.4 Å². The van der Waals surface area contributed by atoms with E-state index in [-0.39, 0.29) is 17.6 Å². The van der Waals surface area contributed by atoms with Gasteiger partial charge in [0, 0.05) is 17.4 Å². The smallest absolute Gasteiger partial charge is 0.252 e. The fourth-order valence-electron chi connectivity index (χ4n) is 3.02. The summed E-state index contributed by atoms with van der Waals surface area (Å²) in [6.45, 7) is 0.474. The van der Waals surface area contributed by atoms with Crippen LogP contribution in [-0.4, -0.2) is 24.1 Å². The normalized spacial score (nSPS) is 10.6. The van der Waals surface area contributed by atoms with Crippen molar-refractivity contribution in [3.05, 3.63) is 102 Å². The second kappa shape index (κ2) is 9.76. The van der Waals surface area contributed by atoms with Gasteiger partial charge in [-0.1, -0.05) is 72.8 Å². The molecule has 5 heteroatoms. The molecule has 0 atom stereocenters. The minimum atomic E-state index is -0.409. The molecule has 3 aromatic rings. The zero-order valence-corrected chi connectivity index (χ0v) is 16.2. The number of thioether (sulfide) groups is 1. The first-order chi connectivity index (χ1) is 13.6. The van der Waals surface area contributed by atoms with Gasteiger partial charge in [0.15, 0.2) is 0 Å². The first kappa shape index (κ1) is 19.7. The van der Waals surface area contributed by atoms with Crippen LogP contribution >= 0.6 is 11.8 Å². The molecule has 3 aromatic carbocycles. The minimum absolute atomic E-state index is 0.0526. The van der Waals surface area contributed by atoms with Gasteiger partial charge in [-0.25, -0.2) is 0 Å². The van der Waals surface area contributed by atoms with E-state index < -0.39 is 5.91 Å². The largest absolute Gasteiger partial charge is 0.369 e. The van der Waals surface area contributed by atoms with Crippen LogP contribution in [-0.2, 0) is 4.79 Å². The summed E-state index contributed by atoms with van der Waals surface area (Å²) >= 11 is 1.28. The number of primary amides is 1. The predicted molar refractivity (Wildman–Crippen MR) is 113 cm³/mol. The van der Waals surface area contributed by atoms with Crippen LogP contribution in [0.4, 0.5) is 0 Å². The molecule has 0 aromatic heterocycles. The molecule has 0 bridgehead atoms. The maximum atomic E-state index is 12.8. The summed E-state index contributed by atoms with van der Waals surface area (Å²) < 4.78 is 0. The van der Waals surface area contributed by atoms with Gasteiger partial charge in [-0.05, 0) is 23.3 Å². The van der Waals surface area contributed by atoms with Gasteiger partial charge in [-0.15, -0.1) is 11.8 Å². The average molecular weight is 391 g/mol. The summed E-state index contributed by atoms with van der Waals surface area (Å²) in [5.74, 6) is -0.379. The fourth-order valence-corrected chi connectivity index (χ4v) is 3.81. The molecular weight excluding hydrogens is 368 g/mol. The molecule has 4 nitrogen and oxygen atoms in total. The first-order valence-corrected chi connectivity index (χ1v) is 10.0. The third-order valence-electron chi connectivity index (χ3n) is 4.37. The molecule has 0 unspecified atom stereocenters. The van der Waals surface area contributed by atoms with Crippen molar-refractivity contribution in [1.29, 1.82) is 0 Å². The molecule has 0 aliphatic rings. The third kappa shape index (κ3) is 5.24. The standard InChI is InChI=1S/C23H22N2O2S/c24-22(26)16-28-21-14-8-7-13-19(21)23(27)25-15-20(17-9-3-1-4-10-17)18-11-5-2-6-12-18/h1-14,20H,15-16H2,(H2,24,26)(H,25,27). The molecule has 0 aliphatic carbocycles. The Bertz CT molecular complexity index is 890. The minimum Gasteiger partial charge on any atom is -0.369 e. The van der Waals surface area contributed by atoms with Gasteiger partial charge in [-0.2, -0.15) is 0 Å². The zero-order chi connectivity index (χ0) is 19.8. The van der Waals surface area contributed by atoms with Gasteiger partial charge < -0.3 is 11.1 Å². The Labute approximate surface area is 169 Å². The summed E-state index contributed by atoms with van der Waals surface area (Å²) in [4.78, 5) is 24.7. The van der Waals surface area contributed by atoms with Crippen LogP contribution in [0.25, 0.3) is 0 Å². The van der Waals surface area contributed by atoms with Gasteiger partial charge in [-0.3, -0.25) is 9.59 Å². The van der Waals surface area contributed by atoms with Gasteiger partial charge in [0.2, 0.25) is 5.91 Å². The number of carbonyl (C=O) groups is 2. The Balaban J connectivity index is 1.77. The maximum Gasteiger partial charge on any atom is 0.252 e. The number of carbonyl (C=O) groups excluding carboxylic acids is 2. The lowest BCUT2D eigenvalue weighted by Crippen LogP contribution is -2.29. The molecule has 3 rings (SSSR count). The Kier molecular flexibility index (Phi) is 6.87. The van der Waals surface area contributed by atoms with Crippen molar-refractivity contribution >= 4 is 23.6 Å². The van der Waals surface area contributed by atoms with E-state index in [4.69, 9.17) is 5.73 Å². The van der Waals surface area contributed by atoms with E-state index >= 15 is 0 Å². The Morgan fingerprint density at radius 3 is 1.93 bits per heavy atom.